The van der Waals surface area contributed by atoms with Gasteiger partial charge in [0.05, 0.1) is 24.1 Å². The molecule has 2 aromatic heterocycles. The predicted octanol–water partition coefficient (Wildman–Crippen LogP) is 2.23. The Bertz CT molecular complexity index is 1020. The maximum atomic E-state index is 12.9. The molecule has 2 atom stereocenters. The van der Waals surface area contributed by atoms with Gasteiger partial charge in [0.25, 0.3) is 5.56 Å². The average molecular weight is 400 g/mol. The van der Waals surface area contributed by atoms with E-state index in [2.05, 4.69) is 29.1 Å². The van der Waals surface area contributed by atoms with Gasteiger partial charge in [0, 0.05) is 25.6 Å². The number of nitrogens with zero attached hydrogens (tertiary/aromatic N) is 3. The second-order valence-electron chi connectivity index (χ2n) is 9.09. The Hall–Kier alpha value is -2.32. The summed E-state index contributed by atoms with van der Waals surface area (Å²) in [4.78, 5) is 34.4. The van der Waals surface area contributed by atoms with Crippen LogP contribution in [-0.2, 0) is 4.74 Å². The molecule has 0 spiro atoms. The molecule has 0 unspecified atom stereocenters. The third-order valence-electron chi connectivity index (χ3n) is 6.01. The number of aryl methyl sites for hydroxylation is 1. The van der Waals surface area contributed by atoms with Gasteiger partial charge in [0.15, 0.2) is 5.78 Å². The number of Topliss-reactive ketones (excluding diaryl/α,β-unsaturated/α-hetero) is 1. The number of aromatic nitrogens is 3. The zero-order valence-electron chi connectivity index (χ0n) is 17.4. The fourth-order valence-electron chi connectivity index (χ4n) is 4.55. The van der Waals surface area contributed by atoms with Crippen LogP contribution in [0.1, 0.15) is 62.1 Å². The molecule has 8 nitrogen and oxygen atoms in total. The summed E-state index contributed by atoms with van der Waals surface area (Å²) in [5, 5.41) is 14.0. The van der Waals surface area contributed by atoms with E-state index in [0.29, 0.717) is 35.3 Å². The van der Waals surface area contributed by atoms with Gasteiger partial charge in [-0.3, -0.25) is 14.2 Å². The van der Waals surface area contributed by atoms with Crippen molar-refractivity contribution in [1.82, 2.24) is 14.5 Å². The number of carbonyl (C=O) groups is 1. The largest absolute Gasteiger partial charge is 0.389 e. The Morgan fingerprint density at radius 3 is 2.69 bits per heavy atom. The summed E-state index contributed by atoms with van der Waals surface area (Å²) in [7, 11) is 0. The molecule has 3 heterocycles. The lowest BCUT2D eigenvalue weighted by Crippen LogP contribution is -2.42. The lowest BCUT2D eigenvalue weighted by Gasteiger charge is -2.43. The fourth-order valence-corrected chi connectivity index (χ4v) is 4.55. The third kappa shape index (κ3) is 3.67. The summed E-state index contributed by atoms with van der Waals surface area (Å²) >= 11 is 0. The predicted molar refractivity (Wildman–Crippen MR) is 109 cm³/mol. The Morgan fingerprint density at radius 2 is 2.07 bits per heavy atom. The fraction of sp³-hybridized carbons (Fsp3) is 0.619. The molecule has 2 aliphatic rings. The van der Waals surface area contributed by atoms with Crippen molar-refractivity contribution in [2.75, 3.05) is 18.5 Å². The zero-order valence-corrected chi connectivity index (χ0v) is 17.4. The first-order valence-corrected chi connectivity index (χ1v) is 10.1. The first kappa shape index (κ1) is 20.0. The van der Waals surface area contributed by atoms with Gasteiger partial charge >= 0.3 is 0 Å². The van der Waals surface area contributed by atoms with E-state index in [0.717, 1.165) is 12.8 Å². The Kier molecular flexibility index (Phi) is 4.94. The average Bonchev–Trinajstić information content (AvgIpc) is 2.61. The highest BCUT2D eigenvalue weighted by molar-refractivity contribution is 6.05. The van der Waals surface area contributed by atoms with E-state index < -0.39 is 6.10 Å². The highest BCUT2D eigenvalue weighted by Crippen LogP contribution is 2.48. The molecule has 2 fully saturated rings. The summed E-state index contributed by atoms with van der Waals surface area (Å²) in [5.41, 5.74) is 1.55. The summed E-state index contributed by atoms with van der Waals surface area (Å²) in [5.74, 6) is 0.0706. The molecule has 1 aliphatic carbocycles. The van der Waals surface area contributed by atoms with Gasteiger partial charge in [0.2, 0.25) is 5.95 Å². The van der Waals surface area contributed by atoms with Gasteiger partial charge in [-0.25, -0.2) is 4.98 Å². The van der Waals surface area contributed by atoms with Crippen LogP contribution in [0.5, 0.6) is 0 Å². The molecule has 2 N–H and O–H groups in total. The molecule has 8 heteroatoms. The Balaban J connectivity index is 1.86. The highest BCUT2D eigenvalue weighted by atomic mass is 16.5. The standard InChI is InChI=1S/C21H28N4O4/c1-11-7-16(28)25(13-8-21(3,4)9-13)19-17(11)18(12(2)26)23-20(24-19)22-14-5-6-29-10-15(14)27/h7,13-15,27H,5-6,8-10H2,1-4H3,(H,22,23,24)/t14-,15-/m1/s1. The minimum absolute atomic E-state index is 0.0526. The molecule has 2 aromatic rings. The molecule has 0 bridgehead atoms. The summed E-state index contributed by atoms with van der Waals surface area (Å²) in [6, 6.07) is 1.35. The molecular formula is C21H28N4O4. The SMILES string of the molecule is CC(=O)c1nc(N[C@@H]2CCOC[C@H]2O)nc2c1c(C)cc(=O)n2C1CC(C)(C)C1. The number of carbonyl (C=O) groups excluding carboxylic acids is 1. The Labute approximate surface area is 169 Å². The van der Waals surface area contributed by atoms with Crippen molar-refractivity contribution in [3.05, 3.63) is 27.7 Å². The van der Waals surface area contributed by atoms with Crippen LogP contribution >= 0.6 is 0 Å². The summed E-state index contributed by atoms with van der Waals surface area (Å²) < 4.78 is 6.99. The van der Waals surface area contributed by atoms with Gasteiger partial charge in [-0.15, -0.1) is 0 Å². The minimum atomic E-state index is -0.684. The van der Waals surface area contributed by atoms with Crippen molar-refractivity contribution in [2.24, 2.45) is 5.41 Å². The van der Waals surface area contributed by atoms with E-state index >= 15 is 0 Å². The number of pyridine rings is 1. The number of hydrogen-bond acceptors (Lipinski definition) is 7. The van der Waals surface area contributed by atoms with Crippen molar-refractivity contribution < 1.29 is 14.6 Å². The number of hydrogen-bond donors (Lipinski definition) is 2. The van der Waals surface area contributed by atoms with Crippen LogP contribution in [0.15, 0.2) is 10.9 Å². The molecule has 156 valence electrons. The van der Waals surface area contributed by atoms with Crippen LogP contribution in [0.4, 0.5) is 5.95 Å². The van der Waals surface area contributed by atoms with Crippen molar-refractivity contribution in [2.45, 2.75) is 65.1 Å². The van der Waals surface area contributed by atoms with Gasteiger partial charge in [-0.05, 0) is 37.2 Å². The van der Waals surface area contributed by atoms with Crippen LogP contribution in [0.25, 0.3) is 11.0 Å². The number of fused-ring (bicyclic) bond motifs is 1. The zero-order chi connectivity index (χ0) is 20.9. The number of ketones is 1. The second-order valence-corrected chi connectivity index (χ2v) is 9.09. The van der Waals surface area contributed by atoms with Crippen LogP contribution in [0.3, 0.4) is 0 Å². The third-order valence-corrected chi connectivity index (χ3v) is 6.01. The van der Waals surface area contributed by atoms with Crippen molar-refractivity contribution >= 4 is 22.8 Å². The molecule has 0 radical (unpaired) electrons. The normalized spacial score (nSPS) is 24.3. The maximum absolute atomic E-state index is 12.9. The number of nitrogens with one attached hydrogen (secondary N) is 1. The maximum Gasteiger partial charge on any atom is 0.252 e. The first-order chi connectivity index (χ1) is 13.7. The summed E-state index contributed by atoms with van der Waals surface area (Å²) in [6.07, 6.45) is 1.68. The quantitative estimate of drug-likeness (QED) is 0.758. The Morgan fingerprint density at radius 1 is 1.34 bits per heavy atom. The van der Waals surface area contributed by atoms with E-state index in [-0.39, 0.29) is 41.4 Å². The number of ether oxygens (including phenoxy) is 1. The number of anilines is 1. The van der Waals surface area contributed by atoms with Crippen molar-refractivity contribution in [3.63, 3.8) is 0 Å². The van der Waals surface area contributed by atoms with Gasteiger partial charge in [-0.2, -0.15) is 4.98 Å². The molecule has 4 rings (SSSR count). The first-order valence-electron chi connectivity index (χ1n) is 10.1. The van der Waals surface area contributed by atoms with Gasteiger partial charge in [-0.1, -0.05) is 13.8 Å². The molecule has 1 aliphatic heterocycles. The topological polar surface area (TPSA) is 106 Å². The smallest absolute Gasteiger partial charge is 0.252 e. The van der Waals surface area contributed by atoms with Gasteiger partial charge in [0.1, 0.15) is 11.3 Å². The minimum Gasteiger partial charge on any atom is -0.389 e. The summed E-state index contributed by atoms with van der Waals surface area (Å²) in [6.45, 7) is 8.41. The van der Waals surface area contributed by atoms with E-state index in [9.17, 15) is 14.7 Å². The van der Waals surface area contributed by atoms with Crippen LogP contribution < -0.4 is 10.9 Å². The van der Waals surface area contributed by atoms with E-state index in [1.54, 1.807) is 10.6 Å². The van der Waals surface area contributed by atoms with Gasteiger partial charge < -0.3 is 15.2 Å². The highest BCUT2D eigenvalue weighted by Gasteiger charge is 2.39. The number of aliphatic hydroxyl groups excluding tert-OH is 1. The van der Waals surface area contributed by atoms with E-state index in [1.807, 2.05) is 6.92 Å². The van der Waals surface area contributed by atoms with E-state index in [1.165, 1.54) is 6.92 Å². The van der Waals surface area contributed by atoms with E-state index in [4.69, 9.17) is 4.74 Å². The molecule has 0 amide bonds. The molecule has 1 saturated carbocycles. The monoisotopic (exact) mass is 400 g/mol. The van der Waals surface area contributed by atoms with Crippen molar-refractivity contribution in [1.29, 1.82) is 0 Å². The molecular weight excluding hydrogens is 372 g/mol. The van der Waals surface area contributed by atoms with Crippen molar-refractivity contribution in [3.8, 4) is 0 Å². The second kappa shape index (κ2) is 7.18. The molecule has 29 heavy (non-hydrogen) atoms. The lowest BCUT2D eigenvalue weighted by molar-refractivity contribution is -0.0136. The van der Waals surface area contributed by atoms with Crippen LogP contribution in [0.2, 0.25) is 0 Å². The number of rotatable bonds is 4. The molecule has 0 aromatic carbocycles. The van der Waals surface area contributed by atoms with Crippen LogP contribution in [-0.4, -0.2) is 50.8 Å². The number of aliphatic hydroxyl groups is 1. The van der Waals surface area contributed by atoms with Crippen LogP contribution in [0, 0.1) is 12.3 Å². The molecule has 1 saturated heterocycles. The lowest BCUT2D eigenvalue weighted by atomic mass is 9.68.